The first-order chi connectivity index (χ1) is 15.5. The van der Waals surface area contributed by atoms with Gasteiger partial charge in [-0.25, -0.2) is 9.97 Å². The summed E-state index contributed by atoms with van der Waals surface area (Å²) in [6.07, 6.45) is 5.58. The van der Waals surface area contributed by atoms with Crippen LogP contribution < -0.4 is 24.4 Å². The molecule has 4 rings (SSSR count). The second kappa shape index (κ2) is 9.05. The fourth-order valence-electron chi connectivity index (χ4n) is 3.62. The molecule has 2 aromatic heterocycles. The van der Waals surface area contributed by atoms with Crippen molar-refractivity contribution in [1.82, 2.24) is 14.4 Å². The van der Waals surface area contributed by atoms with Gasteiger partial charge in [0.05, 0.1) is 33.2 Å². The Bertz CT molecular complexity index is 1210. The average Bonchev–Trinajstić information content (AvgIpc) is 3.32. The van der Waals surface area contributed by atoms with Crippen LogP contribution in [0, 0.1) is 0 Å². The van der Waals surface area contributed by atoms with Crippen LogP contribution in [0.15, 0.2) is 55.0 Å². The lowest BCUT2D eigenvalue weighted by Gasteiger charge is -2.16. The molecule has 0 saturated heterocycles. The molecule has 2 heterocycles. The monoisotopic (exact) mass is 433 g/mol. The first-order valence-electron chi connectivity index (χ1n) is 10.2. The smallest absolute Gasteiger partial charge is 0.203 e. The molecule has 32 heavy (non-hydrogen) atoms. The first kappa shape index (κ1) is 21.3. The summed E-state index contributed by atoms with van der Waals surface area (Å²) >= 11 is 0. The molecular weight excluding hydrogens is 406 g/mol. The van der Waals surface area contributed by atoms with Gasteiger partial charge in [0, 0.05) is 44.3 Å². The van der Waals surface area contributed by atoms with Crippen molar-refractivity contribution in [3.63, 3.8) is 0 Å². The van der Waals surface area contributed by atoms with Crippen molar-refractivity contribution in [2.45, 2.75) is 6.54 Å². The van der Waals surface area contributed by atoms with E-state index in [1.807, 2.05) is 49.1 Å². The molecule has 8 nitrogen and oxygen atoms in total. The molecule has 2 aromatic carbocycles. The Labute approximate surface area is 187 Å². The van der Waals surface area contributed by atoms with Gasteiger partial charge in [-0.3, -0.25) is 4.40 Å². The van der Waals surface area contributed by atoms with Gasteiger partial charge in [-0.15, -0.1) is 0 Å². The normalized spacial score (nSPS) is 10.8. The number of fused-ring (bicyclic) bond motifs is 1. The van der Waals surface area contributed by atoms with E-state index in [0.29, 0.717) is 29.6 Å². The molecule has 0 spiro atoms. The minimum Gasteiger partial charge on any atom is -0.493 e. The second-order valence-electron chi connectivity index (χ2n) is 7.44. The zero-order valence-corrected chi connectivity index (χ0v) is 18.9. The van der Waals surface area contributed by atoms with Gasteiger partial charge >= 0.3 is 0 Å². The number of nitrogens with zero attached hydrogens (tertiary/aromatic N) is 4. The molecule has 0 bridgehead atoms. The SMILES string of the molecule is COc1cc(CNc2ncc(-c3cccc(N(C)C)c3)n3ccnc23)cc(OC)c1OC. The number of imidazole rings is 1. The summed E-state index contributed by atoms with van der Waals surface area (Å²) < 4.78 is 18.3. The number of methoxy groups -OCH3 is 3. The second-order valence-corrected chi connectivity index (χ2v) is 7.44. The van der Waals surface area contributed by atoms with E-state index in [1.54, 1.807) is 27.5 Å². The molecule has 166 valence electrons. The largest absolute Gasteiger partial charge is 0.493 e. The third-order valence-corrected chi connectivity index (χ3v) is 5.27. The van der Waals surface area contributed by atoms with Gasteiger partial charge in [-0.05, 0) is 29.8 Å². The van der Waals surface area contributed by atoms with Crippen molar-refractivity contribution in [2.24, 2.45) is 0 Å². The number of benzene rings is 2. The Morgan fingerprint density at radius 1 is 0.969 bits per heavy atom. The lowest BCUT2D eigenvalue weighted by Crippen LogP contribution is -2.08. The number of ether oxygens (including phenoxy) is 3. The van der Waals surface area contributed by atoms with Crippen molar-refractivity contribution < 1.29 is 14.2 Å². The van der Waals surface area contributed by atoms with Gasteiger partial charge in [-0.2, -0.15) is 0 Å². The summed E-state index contributed by atoms with van der Waals surface area (Å²) in [5.74, 6) is 2.48. The van der Waals surface area contributed by atoms with Crippen LogP contribution in [0.25, 0.3) is 16.9 Å². The Hall–Kier alpha value is -3.94. The maximum atomic E-state index is 5.45. The quantitative estimate of drug-likeness (QED) is 0.448. The zero-order valence-electron chi connectivity index (χ0n) is 18.9. The molecule has 0 amide bonds. The summed E-state index contributed by atoms with van der Waals surface area (Å²) in [6.45, 7) is 0.516. The van der Waals surface area contributed by atoms with Crippen LogP contribution in [0.3, 0.4) is 0 Å². The van der Waals surface area contributed by atoms with Gasteiger partial charge in [0.15, 0.2) is 23.0 Å². The molecule has 0 fully saturated rings. The maximum absolute atomic E-state index is 5.45. The van der Waals surface area contributed by atoms with Crippen LogP contribution >= 0.6 is 0 Å². The fraction of sp³-hybridized carbons (Fsp3) is 0.250. The molecular formula is C24H27N5O3. The molecule has 0 atom stereocenters. The van der Waals surface area contributed by atoms with E-state index in [4.69, 9.17) is 14.2 Å². The molecule has 0 unspecified atom stereocenters. The average molecular weight is 434 g/mol. The molecule has 0 radical (unpaired) electrons. The van der Waals surface area contributed by atoms with Crippen LogP contribution in [0.2, 0.25) is 0 Å². The Balaban J connectivity index is 1.64. The Morgan fingerprint density at radius 3 is 2.38 bits per heavy atom. The number of hydrogen-bond acceptors (Lipinski definition) is 7. The highest BCUT2D eigenvalue weighted by atomic mass is 16.5. The lowest BCUT2D eigenvalue weighted by atomic mass is 10.1. The standard InChI is InChI=1S/C24H27N5O3/c1-28(2)18-8-6-7-17(13-18)19-15-27-23(24-25-9-10-29(19)24)26-14-16-11-20(30-3)22(32-5)21(12-16)31-4/h6-13,15H,14H2,1-5H3,(H,26,27). The first-order valence-corrected chi connectivity index (χ1v) is 10.2. The van der Waals surface area contributed by atoms with Gasteiger partial charge < -0.3 is 24.4 Å². The Morgan fingerprint density at radius 2 is 1.72 bits per heavy atom. The van der Waals surface area contributed by atoms with E-state index in [0.717, 1.165) is 28.2 Å². The lowest BCUT2D eigenvalue weighted by molar-refractivity contribution is 0.324. The summed E-state index contributed by atoms with van der Waals surface area (Å²) in [6, 6.07) is 12.2. The van der Waals surface area contributed by atoms with Gasteiger partial charge in [-0.1, -0.05) is 12.1 Å². The third kappa shape index (κ3) is 3.99. The number of hydrogen-bond donors (Lipinski definition) is 1. The molecule has 8 heteroatoms. The highest BCUT2D eigenvalue weighted by molar-refractivity contribution is 5.72. The topological polar surface area (TPSA) is 73.2 Å². The van der Waals surface area contributed by atoms with Crippen LogP contribution in [-0.2, 0) is 6.54 Å². The minimum absolute atomic E-state index is 0.516. The predicted octanol–water partition coefficient (Wildman–Crippen LogP) is 4.10. The molecule has 1 N–H and O–H groups in total. The van der Waals surface area contributed by atoms with Crippen molar-refractivity contribution in [3.05, 3.63) is 60.6 Å². The summed E-state index contributed by atoms with van der Waals surface area (Å²) in [5, 5.41) is 3.38. The van der Waals surface area contributed by atoms with Gasteiger partial charge in [0.2, 0.25) is 5.75 Å². The number of anilines is 2. The fourth-order valence-corrected chi connectivity index (χ4v) is 3.62. The minimum atomic E-state index is 0.516. The van der Waals surface area contributed by atoms with Crippen molar-refractivity contribution in [1.29, 1.82) is 0 Å². The van der Waals surface area contributed by atoms with E-state index in [-0.39, 0.29) is 0 Å². The Kier molecular flexibility index (Phi) is 6.02. The van der Waals surface area contributed by atoms with Crippen molar-refractivity contribution in [2.75, 3.05) is 45.6 Å². The molecule has 0 aliphatic heterocycles. The van der Waals surface area contributed by atoms with E-state index >= 15 is 0 Å². The van der Waals surface area contributed by atoms with Crippen molar-refractivity contribution >= 4 is 17.2 Å². The molecule has 4 aromatic rings. The number of rotatable bonds is 8. The maximum Gasteiger partial charge on any atom is 0.203 e. The number of nitrogens with one attached hydrogen (secondary N) is 1. The van der Waals surface area contributed by atoms with Crippen LogP contribution in [0.4, 0.5) is 11.5 Å². The van der Waals surface area contributed by atoms with Crippen molar-refractivity contribution in [3.8, 4) is 28.5 Å². The van der Waals surface area contributed by atoms with Gasteiger partial charge in [0.25, 0.3) is 0 Å². The van der Waals surface area contributed by atoms with Crippen LogP contribution in [-0.4, -0.2) is 49.8 Å². The molecule has 0 saturated carbocycles. The summed E-state index contributed by atoms with van der Waals surface area (Å²) in [5.41, 5.74) is 4.89. The highest BCUT2D eigenvalue weighted by Gasteiger charge is 2.15. The highest BCUT2D eigenvalue weighted by Crippen LogP contribution is 2.38. The summed E-state index contributed by atoms with van der Waals surface area (Å²) in [7, 11) is 8.86. The van der Waals surface area contributed by atoms with E-state index in [2.05, 4.69) is 38.4 Å². The van der Waals surface area contributed by atoms with Gasteiger partial charge in [0.1, 0.15) is 0 Å². The zero-order chi connectivity index (χ0) is 22.7. The van der Waals surface area contributed by atoms with E-state index in [9.17, 15) is 0 Å². The van der Waals surface area contributed by atoms with Crippen LogP contribution in [0.5, 0.6) is 17.2 Å². The number of aromatic nitrogens is 3. The molecule has 0 aliphatic carbocycles. The van der Waals surface area contributed by atoms with E-state index < -0.39 is 0 Å². The van der Waals surface area contributed by atoms with Crippen LogP contribution in [0.1, 0.15) is 5.56 Å². The summed E-state index contributed by atoms with van der Waals surface area (Å²) in [4.78, 5) is 11.3. The molecule has 0 aliphatic rings. The van der Waals surface area contributed by atoms with E-state index in [1.165, 1.54) is 0 Å². The third-order valence-electron chi connectivity index (χ3n) is 5.27. The predicted molar refractivity (Wildman–Crippen MR) is 126 cm³/mol.